The maximum absolute atomic E-state index is 12.3. The molecule has 1 aliphatic heterocycles. The van der Waals surface area contributed by atoms with Crippen LogP contribution in [0, 0.1) is 3.95 Å². The number of aromatic nitrogens is 2. The summed E-state index contributed by atoms with van der Waals surface area (Å²) in [6, 6.07) is 8.75. The molecule has 0 aliphatic carbocycles. The SMILES string of the molecule is COc1ccc2c(c1)N=C/C2=C\c1sc(=S)n(NC(=O)c2ccncc2)c1O. The number of aliphatic imine (C=N–C) groups is 1. The number of fused-ring (bicyclic) bond motifs is 1. The van der Waals surface area contributed by atoms with Crippen molar-refractivity contribution in [3.8, 4) is 11.6 Å². The van der Waals surface area contributed by atoms with Gasteiger partial charge in [0, 0.05) is 41.4 Å². The molecule has 9 heteroatoms. The number of nitrogens with one attached hydrogen (secondary N) is 1. The van der Waals surface area contributed by atoms with Crippen LogP contribution in [0.4, 0.5) is 5.69 Å². The van der Waals surface area contributed by atoms with Crippen LogP contribution in [0.2, 0.25) is 0 Å². The molecule has 4 rings (SSSR count). The number of amides is 1. The Morgan fingerprint density at radius 1 is 1.32 bits per heavy atom. The number of aromatic hydroxyl groups is 1. The Morgan fingerprint density at radius 2 is 2.11 bits per heavy atom. The van der Waals surface area contributed by atoms with Crippen molar-refractivity contribution < 1.29 is 14.6 Å². The molecule has 0 fully saturated rings. The molecule has 1 aliphatic rings. The van der Waals surface area contributed by atoms with Crippen LogP contribution in [0.3, 0.4) is 0 Å². The monoisotopic (exact) mass is 410 g/mol. The summed E-state index contributed by atoms with van der Waals surface area (Å²) in [4.78, 5) is 21.1. The van der Waals surface area contributed by atoms with E-state index in [4.69, 9.17) is 17.0 Å². The highest BCUT2D eigenvalue weighted by molar-refractivity contribution is 7.73. The lowest BCUT2D eigenvalue weighted by molar-refractivity contribution is 0.101. The number of thiazole rings is 1. The molecular formula is C19H14N4O3S2. The van der Waals surface area contributed by atoms with Gasteiger partial charge in [-0.3, -0.25) is 20.2 Å². The summed E-state index contributed by atoms with van der Waals surface area (Å²) >= 11 is 6.48. The van der Waals surface area contributed by atoms with Gasteiger partial charge >= 0.3 is 0 Å². The van der Waals surface area contributed by atoms with Crippen molar-refractivity contribution in [2.24, 2.45) is 4.99 Å². The van der Waals surface area contributed by atoms with Crippen molar-refractivity contribution in [2.45, 2.75) is 0 Å². The molecule has 0 radical (unpaired) electrons. The lowest BCUT2D eigenvalue weighted by Gasteiger charge is -2.07. The third-order valence-electron chi connectivity index (χ3n) is 4.11. The normalized spacial score (nSPS) is 13.5. The Balaban J connectivity index is 1.64. The molecule has 0 unspecified atom stereocenters. The van der Waals surface area contributed by atoms with E-state index in [1.54, 1.807) is 31.5 Å². The molecule has 2 N–H and O–H groups in total. The predicted octanol–water partition coefficient (Wildman–Crippen LogP) is 4.03. The minimum Gasteiger partial charge on any atom is -0.497 e. The average Bonchev–Trinajstić information content (AvgIpc) is 3.24. The Morgan fingerprint density at radius 3 is 2.86 bits per heavy atom. The van der Waals surface area contributed by atoms with Gasteiger partial charge in [-0.2, -0.15) is 4.68 Å². The Labute approximate surface area is 169 Å². The summed E-state index contributed by atoms with van der Waals surface area (Å²) in [6.45, 7) is 0. The molecule has 0 spiro atoms. The molecule has 7 nitrogen and oxygen atoms in total. The summed E-state index contributed by atoms with van der Waals surface area (Å²) in [5.41, 5.74) is 5.56. The second kappa shape index (κ2) is 7.37. The fraction of sp³-hybridized carbons (Fsp3) is 0.0526. The second-order valence-electron chi connectivity index (χ2n) is 5.81. The number of nitrogens with zero attached hydrogens (tertiary/aromatic N) is 3. The summed E-state index contributed by atoms with van der Waals surface area (Å²) in [5, 5.41) is 10.6. The minimum atomic E-state index is -0.398. The van der Waals surface area contributed by atoms with E-state index in [-0.39, 0.29) is 5.88 Å². The first-order chi connectivity index (χ1) is 13.6. The number of pyridine rings is 1. The van der Waals surface area contributed by atoms with Crippen LogP contribution in [-0.4, -0.2) is 34.0 Å². The van der Waals surface area contributed by atoms with Crippen LogP contribution in [0.1, 0.15) is 20.8 Å². The zero-order chi connectivity index (χ0) is 19.7. The van der Waals surface area contributed by atoms with Crippen LogP contribution >= 0.6 is 23.6 Å². The highest BCUT2D eigenvalue weighted by Gasteiger charge is 2.17. The Hall–Kier alpha value is -3.30. The molecule has 0 atom stereocenters. The highest BCUT2D eigenvalue weighted by atomic mass is 32.1. The molecule has 3 aromatic rings. The molecular weight excluding hydrogens is 396 g/mol. The average molecular weight is 410 g/mol. The number of methoxy groups -OCH3 is 1. The third kappa shape index (κ3) is 3.32. The van der Waals surface area contributed by atoms with Crippen LogP contribution in [0.15, 0.2) is 47.7 Å². The van der Waals surface area contributed by atoms with Gasteiger partial charge in [-0.15, -0.1) is 0 Å². The number of carbonyl (C=O) groups excluding carboxylic acids is 1. The van der Waals surface area contributed by atoms with Gasteiger partial charge in [0.1, 0.15) is 5.75 Å². The van der Waals surface area contributed by atoms with E-state index < -0.39 is 5.91 Å². The first-order valence-corrected chi connectivity index (χ1v) is 9.39. The van der Waals surface area contributed by atoms with Crippen LogP contribution in [0.5, 0.6) is 11.6 Å². The topological polar surface area (TPSA) is 88.7 Å². The van der Waals surface area contributed by atoms with E-state index in [2.05, 4.69) is 15.4 Å². The van der Waals surface area contributed by atoms with E-state index in [0.29, 0.717) is 14.4 Å². The predicted molar refractivity (Wildman–Crippen MR) is 112 cm³/mol. The van der Waals surface area contributed by atoms with Crippen molar-refractivity contribution in [1.29, 1.82) is 0 Å². The Kier molecular flexibility index (Phi) is 4.76. The van der Waals surface area contributed by atoms with Crippen LogP contribution in [-0.2, 0) is 0 Å². The Bertz CT molecular complexity index is 1180. The third-order valence-corrected chi connectivity index (χ3v) is 5.42. The fourth-order valence-corrected chi connectivity index (χ4v) is 3.88. The summed E-state index contributed by atoms with van der Waals surface area (Å²) in [5.74, 6) is 0.187. The number of rotatable bonds is 4. The highest BCUT2D eigenvalue weighted by Crippen LogP contribution is 2.37. The van der Waals surface area contributed by atoms with Crippen LogP contribution in [0.25, 0.3) is 11.6 Å². The van der Waals surface area contributed by atoms with Gasteiger partial charge in [0.15, 0.2) is 3.95 Å². The van der Waals surface area contributed by atoms with E-state index in [1.807, 2.05) is 18.2 Å². The van der Waals surface area contributed by atoms with Crippen molar-refractivity contribution >= 4 is 53.0 Å². The van der Waals surface area contributed by atoms with Gasteiger partial charge in [0.05, 0.1) is 17.7 Å². The van der Waals surface area contributed by atoms with Gasteiger partial charge in [0.2, 0.25) is 5.88 Å². The zero-order valence-corrected chi connectivity index (χ0v) is 16.3. The largest absolute Gasteiger partial charge is 0.497 e. The summed E-state index contributed by atoms with van der Waals surface area (Å²) in [6.07, 6.45) is 6.53. The number of carbonyl (C=O) groups is 1. The molecule has 3 heterocycles. The van der Waals surface area contributed by atoms with E-state index in [0.717, 1.165) is 22.6 Å². The summed E-state index contributed by atoms with van der Waals surface area (Å²) < 4.78 is 6.72. The molecule has 140 valence electrons. The number of allylic oxidation sites excluding steroid dienone is 1. The number of ether oxygens (including phenoxy) is 1. The molecule has 2 aromatic heterocycles. The lowest BCUT2D eigenvalue weighted by atomic mass is 10.1. The lowest BCUT2D eigenvalue weighted by Crippen LogP contribution is -2.22. The smallest absolute Gasteiger partial charge is 0.270 e. The number of hydrogen-bond donors (Lipinski definition) is 2. The molecule has 1 aromatic carbocycles. The van der Waals surface area contributed by atoms with Gasteiger partial charge in [-0.1, -0.05) is 11.3 Å². The maximum Gasteiger partial charge on any atom is 0.270 e. The molecule has 28 heavy (non-hydrogen) atoms. The van der Waals surface area contributed by atoms with E-state index in [9.17, 15) is 9.90 Å². The van der Waals surface area contributed by atoms with Crippen molar-refractivity contribution in [2.75, 3.05) is 12.5 Å². The second-order valence-corrected chi connectivity index (χ2v) is 7.48. The van der Waals surface area contributed by atoms with Crippen molar-refractivity contribution in [3.63, 3.8) is 0 Å². The van der Waals surface area contributed by atoms with E-state index >= 15 is 0 Å². The minimum absolute atomic E-state index is 0.139. The molecule has 1 amide bonds. The standard InChI is InChI=1S/C19H14N4O3S2/c1-26-13-2-3-14-12(10-21-15(14)9-13)8-16-18(25)23(19(27)28-16)22-17(24)11-4-6-20-7-5-11/h2-10,25H,1H3,(H,22,24)/b12-8+. The summed E-state index contributed by atoms with van der Waals surface area (Å²) in [7, 11) is 1.60. The van der Waals surface area contributed by atoms with Crippen molar-refractivity contribution in [1.82, 2.24) is 9.66 Å². The quantitative estimate of drug-likeness (QED) is 0.634. The zero-order valence-electron chi connectivity index (χ0n) is 14.6. The molecule has 0 saturated carbocycles. The van der Waals surface area contributed by atoms with E-state index in [1.165, 1.54) is 28.4 Å². The van der Waals surface area contributed by atoms with Gasteiger partial charge in [-0.25, -0.2) is 0 Å². The first kappa shape index (κ1) is 18.1. The first-order valence-electron chi connectivity index (χ1n) is 8.17. The van der Waals surface area contributed by atoms with Gasteiger partial charge < -0.3 is 9.84 Å². The molecule has 0 bridgehead atoms. The molecule has 0 saturated heterocycles. The van der Waals surface area contributed by atoms with Crippen LogP contribution < -0.4 is 10.2 Å². The van der Waals surface area contributed by atoms with Crippen molar-refractivity contribution in [3.05, 3.63) is 62.7 Å². The van der Waals surface area contributed by atoms with Gasteiger partial charge in [0.25, 0.3) is 5.91 Å². The van der Waals surface area contributed by atoms with Gasteiger partial charge in [-0.05, 0) is 42.6 Å². The fourth-order valence-electron chi connectivity index (χ4n) is 2.70. The number of benzene rings is 1. The maximum atomic E-state index is 12.3. The number of hydrogen-bond acceptors (Lipinski definition) is 7.